The molecule has 0 amide bonds. The predicted octanol–water partition coefficient (Wildman–Crippen LogP) is 4.81. The molecule has 4 nitrogen and oxygen atoms in total. The Morgan fingerprint density at radius 2 is 1.77 bits per heavy atom. The Kier molecular flexibility index (Phi) is 5.09. The smallest absolute Gasteiger partial charge is 0.423 e. The van der Waals surface area contributed by atoms with E-state index in [1.165, 1.54) is 18.2 Å². The lowest BCUT2D eigenvalue weighted by molar-refractivity contribution is -0.276. The zero-order valence-electron chi connectivity index (χ0n) is 16.0. The molecule has 0 fully saturated rings. The van der Waals surface area contributed by atoms with Gasteiger partial charge in [-0.3, -0.25) is 0 Å². The summed E-state index contributed by atoms with van der Waals surface area (Å²) in [6, 6.07) is 4.98. The first-order valence-electron chi connectivity index (χ1n) is 8.94. The monoisotopic (exact) mass is 479 g/mol. The molecule has 2 aliphatic heterocycles. The molecule has 12 heteroatoms. The van der Waals surface area contributed by atoms with Crippen LogP contribution in [0.5, 0.6) is 0 Å². The minimum absolute atomic E-state index is 0.131. The van der Waals surface area contributed by atoms with Crippen molar-refractivity contribution in [3.8, 4) is 0 Å². The highest BCUT2D eigenvalue weighted by Gasteiger charge is 2.64. The first-order chi connectivity index (χ1) is 14.3. The van der Waals surface area contributed by atoms with Crippen LogP contribution in [0, 0.1) is 11.6 Å². The van der Waals surface area contributed by atoms with Gasteiger partial charge in [0.1, 0.15) is 5.02 Å². The molecule has 2 aromatic carbocycles. The highest BCUT2D eigenvalue weighted by molar-refractivity contribution is 6.62. The van der Waals surface area contributed by atoms with Crippen molar-refractivity contribution in [2.24, 2.45) is 5.16 Å². The van der Waals surface area contributed by atoms with E-state index in [1.54, 1.807) is 13.8 Å². The van der Waals surface area contributed by atoms with Crippen LogP contribution in [0.25, 0.3) is 0 Å². The maximum Gasteiger partial charge on any atom is 0.492 e. The van der Waals surface area contributed by atoms with Gasteiger partial charge in [-0.25, -0.2) is 8.78 Å². The highest BCUT2D eigenvalue weighted by Crippen LogP contribution is 2.51. The molecule has 2 heterocycles. The van der Waals surface area contributed by atoms with Crippen LogP contribution < -0.4 is 5.46 Å². The number of fused-ring (bicyclic) bond motifs is 1. The summed E-state index contributed by atoms with van der Waals surface area (Å²) < 4.78 is 76.2. The summed E-state index contributed by atoms with van der Waals surface area (Å²) in [5.41, 5.74) is -4.06. The van der Waals surface area contributed by atoms with Crippen LogP contribution in [0.1, 0.15) is 37.0 Å². The number of hydrogen-bond donors (Lipinski definition) is 1. The van der Waals surface area contributed by atoms with Crippen LogP contribution in [-0.2, 0) is 20.7 Å². The van der Waals surface area contributed by atoms with Gasteiger partial charge < -0.3 is 14.5 Å². The standard InChI is InChI=1S/C19H13BCl2F5NO3/c1-17(2)9-5-8(3-4-11(9)20(29)30-17)13-7-18(31-28-13,19(25,26)27)10-6-12(21)16(24)14(22)15(10)23/h3-6,29H,7H2,1-2H3. The molecule has 0 bridgehead atoms. The Balaban J connectivity index is 1.79. The third-order valence-electron chi connectivity index (χ3n) is 5.43. The lowest BCUT2D eigenvalue weighted by Crippen LogP contribution is -2.43. The van der Waals surface area contributed by atoms with Crippen LogP contribution in [0.15, 0.2) is 29.4 Å². The summed E-state index contributed by atoms with van der Waals surface area (Å²) in [6.07, 6.45) is -6.05. The third-order valence-corrected chi connectivity index (χ3v) is 6.04. The Morgan fingerprint density at radius 3 is 2.42 bits per heavy atom. The van der Waals surface area contributed by atoms with Crippen LogP contribution in [0.4, 0.5) is 22.0 Å². The van der Waals surface area contributed by atoms with Crippen molar-refractivity contribution in [1.82, 2.24) is 0 Å². The molecule has 0 spiro atoms. The van der Waals surface area contributed by atoms with Gasteiger partial charge in [-0.1, -0.05) is 40.5 Å². The van der Waals surface area contributed by atoms with Crippen molar-refractivity contribution in [2.45, 2.75) is 37.6 Å². The Hall–Kier alpha value is -1.88. The average molecular weight is 480 g/mol. The zero-order chi connectivity index (χ0) is 22.9. The van der Waals surface area contributed by atoms with Crippen molar-refractivity contribution in [3.05, 3.63) is 62.6 Å². The molecule has 1 N–H and O–H groups in total. The molecular weight excluding hydrogens is 467 g/mol. The molecule has 4 rings (SSSR count). The van der Waals surface area contributed by atoms with Crippen LogP contribution in [-0.4, -0.2) is 24.0 Å². The van der Waals surface area contributed by atoms with Gasteiger partial charge in [0.2, 0.25) is 0 Å². The summed E-state index contributed by atoms with van der Waals surface area (Å²) >= 11 is 11.1. The molecule has 2 aromatic rings. The number of hydrogen-bond acceptors (Lipinski definition) is 4. The summed E-state index contributed by atoms with van der Waals surface area (Å²) in [5.74, 6) is -3.01. The lowest BCUT2D eigenvalue weighted by atomic mass is 9.77. The fourth-order valence-corrected chi connectivity index (χ4v) is 4.24. The van der Waals surface area contributed by atoms with E-state index in [2.05, 4.69) is 5.16 Å². The van der Waals surface area contributed by atoms with E-state index in [-0.39, 0.29) is 11.3 Å². The number of oxime groups is 1. The fourth-order valence-electron chi connectivity index (χ4n) is 3.78. The van der Waals surface area contributed by atoms with Gasteiger partial charge in [0, 0.05) is 5.56 Å². The molecule has 2 aliphatic rings. The number of halogens is 7. The number of rotatable bonds is 2. The quantitative estimate of drug-likeness (QED) is 0.291. The van der Waals surface area contributed by atoms with E-state index in [0.717, 1.165) is 0 Å². The minimum atomic E-state index is -5.14. The van der Waals surface area contributed by atoms with Crippen molar-refractivity contribution in [2.75, 3.05) is 0 Å². The van der Waals surface area contributed by atoms with E-state index in [0.29, 0.717) is 17.1 Å². The van der Waals surface area contributed by atoms with E-state index < -0.39 is 58.2 Å². The topological polar surface area (TPSA) is 51.0 Å². The second-order valence-electron chi connectivity index (χ2n) is 7.76. The molecule has 164 valence electrons. The van der Waals surface area contributed by atoms with Crippen molar-refractivity contribution in [3.63, 3.8) is 0 Å². The van der Waals surface area contributed by atoms with Gasteiger partial charge in [-0.05, 0) is 42.6 Å². The maximum absolute atomic E-state index is 14.6. The largest absolute Gasteiger partial charge is 0.492 e. The molecule has 0 saturated heterocycles. The molecule has 1 atom stereocenters. The van der Waals surface area contributed by atoms with Gasteiger partial charge in [0.15, 0.2) is 11.6 Å². The molecule has 0 aromatic heterocycles. The normalized spacial score (nSPS) is 22.4. The van der Waals surface area contributed by atoms with E-state index >= 15 is 0 Å². The van der Waals surface area contributed by atoms with E-state index in [4.69, 9.17) is 32.7 Å². The minimum Gasteiger partial charge on any atom is -0.423 e. The van der Waals surface area contributed by atoms with Gasteiger partial charge >= 0.3 is 13.3 Å². The summed E-state index contributed by atoms with van der Waals surface area (Å²) in [6.45, 7) is 3.38. The number of nitrogens with zero attached hydrogens (tertiary/aromatic N) is 1. The maximum atomic E-state index is 14.6. The lowest BCUT2D eigenvalue weighted by Gasteiger charge is -2.30. The second-order valence-corrected chi connectivity index (χ2v) is 8.55. The molecule has 0 saturated carbocycles. The summed E-state index contributed by atoms with van der Waals surface area (Å²) in [7, 11) is -1.17. The zero-order valence-corrected chi connectivity index (χ0v) is 17.5. The van der Waals surface area contributed by atoms with Crippen LogP contribution in [0.2, 0.25) is 10.0 Å². The number of benzene rings is 2. The average Bonchev–Trinajstić information content (AvgIpc) is 3.23. The Morgan fingerprint density at radius 1 is 1.10 bits per heavy atom. The Labute approximate surface area is 183 Å². The number of alkyl halides is 3. The highest BCUT2D eigenvalue weighted by atomic mass is 35.5. The molecular formula is C19H13BCl2F5NO3. The third kappa shape index (κ3) is 3.31. The van der Waals surface area contributed by atoms with E-state index in [1.807, 2.05) is 0 Å². The second kappa shape index (κ2) is 7.06. The van der Waals surface area contributed by atoms with Gasteiger partial charge in [0.25, 0.3) is 5.60 Å². The predicted molar refractivity (Wildman–Crippen MR) is 105 cm³/mol. The van der Waals surface area contributed by atoms with Crippen molar-refractivity contribution in [1.29, 1.82) is 0 Å². The van der Waals surface area contributed by atoms with Gasteiger partial charge in [-0.15, -0.1) is 0 Å². The van der Waals surface area contributed by atoms with Crippen LogP contribution >= 0.6 is 23.2 Å². The molecule has 0 radical (unpaired) electrons. The van der Waals surface area contributed by atoms with Gasteiger partial charge in [-0.2, -0.15) is 13.2 Å². The summed E-state index contributed by atoms with van der Waals surface area (Å²) in [5, 5.41) is 11.6. The fraction of sp³-hybridized carbons (Fsp3) is 0.316. The van der Waals surface area contributed by atoms with Crippen molar-refractivity contribution < 1.29 is 36.5 Å². The summed E-state index contributed by atoms with van der Waals surface area (Å²) in [4.78, 5) is 4.78. The molecule has 1 unspecified atom stereocenters. The first kappa shape index (κ1) is 22.3. The Bertz CT molecular complexity index is 1120. The molecule has 0 aliphatic carbocycles. The van der Waals surface area contributed by atoms with Crippen LogP contribution in [0.3, 0.4) is 0 Å². The van der Waals surface area contributed by atoms with Crippen molar-refractivity contribution >= 4 is 41.5 Å². The molecule has 31 heavy (non-hydrogen) atoms. The first-order valence-corrected chi connectivity index (χ1v) is 9.70. The van der Waals surface area contributed by atoms with E-state index in [9.17, 15) is 27.0 Å². The van der Waals surface area contributed by atoms with Gasteiger partial charge in [0.05, 0.1) is 22.8 Å². The SMILES string of the molecule is CC1(C)OB(O)c2ccc(C3=NOC(c4cc(Cl)c(F)c(Cl)c4F)(C(F)(F)F)C3)cc21.